The minimum absolute atomic E-state index is 0.00882. The monoisotopic (exact) mass is 582 g/mol. The van der Waals surface area contributed by atoms with Crippen molar-refractivity contribution in [1.29, 1.82) is 0 Å². The van der Waals surface area contributed by atoms with Gasteiger partial charge in [0.25, 0.3) is 0 Å². The molecule has 0 atom stereocenters. The van der Waals surface area contributed by atoms with Crippen LogP contribution in [0.5, 0.6) is 11.5 Å². The zero-order chi connectivity index (χ0) is 33.3. The molecular weight excluding hydrogens is 540 g/mol. The molecule has 0 amide bonds. The van der Waals surface area contributed by atoms with Gasteiger partial charge < -0.3 is 4.74 Å². The van der Waals surface area contributed by atoms with Gasteiger partial charge in [0.05, 0.1) is 22.1 Å². The van der Waals surface area contributed by atoms with Gasteiger partial charge in [0.15, 0.2) is 11.0 Å². The van der Waals surface area contributed by atoms with Crippen molar-refractivity contribution in [3.63, 3.8) is 0 Å². The molecule has 0 saturated heterocycles. The van der Waals surface area contributed by atoms with E-state index >= 15 is 0 Å². The molecule has 0 aliphatic carbocycles. The Kier molecular flexibility index (Phi) is 5.62. The Balaban J connectivity index is 1.35. The number of fused-ring (bicyclic) bond motifs is 4. The lowest BCUT2D eigenvalue weighted by Crippen LogP contribution is -2.25. The fraction of sp³-hybridized carbons (Fsp3) is 0.231. The minimum atomic E-state index is -2.30. The van der Waals surface area contributed by atoms with E-state index in [1.807, 2.05) is 65.4 Å². The number of aromatic nitrogens is 4. The predicted molar refractivity (Wildman–Crippen MR) is 181 cm³/mol. The van der Waals surface area contributed by atoms with E-state index in [4.69, 9.17) is 13.8 Å². The molecule has 0 bridgehead atoms. The third-order valence-corrected chi connectivity index (χ3v) is 8.41. The Bertz CT molecular complexity index is 2300. The summed E-state index contributed by atoms with van der Waals surface area (Å²) in [6, 6.07) is 32.4. The second-order valence-corrected chi connectivity index (χ2v) is 13.6. The highest BCUT2D eigenvalue weighted by Gasteiger charge is 2.21. The zero-order valence-electron chi connectivity index (χ0n) is 29.1. The summed E-state index contributed by atoms with van der Waals surface area (Å²) in [6.45, 7) is 11.1. The second-order valence-electron chi connectivity index (χ2n) is 13.6. The number of ether oxygens (including phenoxy) is 1. The van der Waals surface area contributed by atoms with Gasteiger partial charge in [-0.3, -0.25) is 4.57 Å². The summed E-state index contributed by atoms with van der Waals surface area (Å²) in [6.07, 6.45) is 3.52. The molecular formula is C39H39N4O+. The van der Waals surface area contributed by atoms with Crippen LogP contribution >= 0.6 is 0 Å². The van der Waals surface area contributed by atoms with E-state index in [1.54, 1.807) is 6.33 Å². The number of pyridine rings is 1. The molecule has 0 radical (unpaired) electrons. The first-order valence-electron chi connectivity index (χ1n) is 16.5. The Hall–Kier alpha value is -4.90. The zero-order valence-corrected chi connectivity index (χ0v) is 26.1. The number of rotatable bonds is 4. The number of hydrogen-bond donors (Lipinski definition) is 0. The summed E-state index contributed by atoms with van der Waals surface area (Å²) in [5.41, 5.74) is 6.80. The van der Waals surface area contributed by atoms with Gasteiger partial charge in [0.1, 0.15) is 23.0 Å². The number of para-hydroxylation sites is 2. The van der Waals surface area contributed by atoms with Gasteiger partial charge in [-0.15, -0.1) is 0 Å². The van der Waals surface area contributed by atoms with Gasteiger partial charge in [-0.25, -0.2) is 9.55 Å². The molecule has 0 fully saturated rings. The number of hydrogen-bond acceptors (Lipinski definition) is 2. The largest absolute Gasteiger partial charge is 0.457 e. The van der Waals surface area contributed by atoms with Crippen LogP contribution in [0.25, 0.3) is 44.3 Å². The Morgan fingerprint density at radius 2 is 1.45 bits per heavy atom. The number of imidazole rings is 1. The van der Waals surface area contributed by atoms with Crippen molar-refractivity contribution in [2.75, 3.05) is 0 Å². The molecule has 0 N–H and O–H groups in total. The lowest BCUT2D eigenvalue weighted by atomic mass is 9.86. The highest BCUT2D eigenvalue weighted by molar-refractivity contribution is 6.09. The van der Waals surface area contributed by atoms with E-state index in [2.05, 4.69) is 88.6 Å². The van der Waals surface area contributed by atoms with Crippen LogP contribution in [0, 0.1) is 0 Å². The Labute approximate surface area is 263 Å². The van der Waals surface area contributed by atoms with Crippen molar-refractivity contribution in [1.82, 2.24) is 14.1 Å². The maximum Gasteiger partial charge on any atom is 0.249 e. The van der Waals surface area contributed by atoms with Gasteiger partial charge in [0.2, 0.25) is 6.33 Å². The standard InChI is InChI=1S/C39H39N4O/c1-38(2,3)26-15-18-33-32(21-26)31-17-16-30(24-36(31)43(33)37-22-27(19-20-40-37)39(4,5)6)44-29-12-10-11-28(23-29)42-25-41(7)34-13-8-9-14-35(34)42/h8-25H,1-7H3/q+1/i7D3. The topological polar surface area (TPSA) is 35.9 Å². The molecule has 0 spiro atoms. The van der Waals surface area contributed by atoms with Gasteiger partial charge in [-0.05, 0) is 82.6 Å². The second kappa shape index (κ2) is 10.1. The van der Waals surface area contributed by atoms with Crippen molar-refractivity contribution >= 4 is 32.8 Å². The smallest absolute Gasteiger partial charge is 0.249 e. The number of benzene rings is 4. The fourth-order valence-electron chi connectivity index (χ4n) is 5.93. The van der Waals surface area contributed by atoms with E-state index in [-0.39, 0.29) is 10.8 Å². The molecule has 44 heavy (non-hydrogen) atoms. The summed E-state index contributed by atoms with van der Waals surface area (Å²) in [7, 11) is 0. The third kappa shape index (κ3) is 4.83. The first-order valence-corrected chi connectivity index (χ1v) is 15.0. The van der Waals surface area contributed by atoms with Crippen LogP contribution in [0.2, 0.25) is 0 Å². The van der Waals surface area contributed by atoms with Crippen LogP contribution in [-0.2, 0) is 17.8 Å². The summed E-state index contributed by atoms with van der Waals surface area (Å²) in [4.78, 5) is 4.85. The van der Waals surface area contributed by atoms with E-state index in [9.17, 15) is 0 Å². The van der Waals surface area contributed by atoms with Crippen LogP contribution in [0.15, 0.2) is 110 Å². The predicted octanol–water partition coefficient (Wildman–Crippen LogP) is 9.33. The van der Waals surface area contributed by atoms with Crippen molar-refractivity contribution in [2.45, 2.75) is 52.4 Å². The molecule has 220 valence electrons. The molecule has 4 aromatic carbocycles. The molecule has 0 unspecified atom stereocenters. The molecule has 3 heterocycles. The van der Waals surface area contributed by atoms with Crippen molar-refractivity contribution in [2.24, 2.45) is 6.98 Å². The molecule has 5 heteroatoms. The van der Waals surface area contributed by atoms with Crippen LogP contribution in [0.4, 0.5) is 0 Å². The van der Waals surface area contributed by atoms with Crippen molar-refractivity contribution in [3.8, 4) is 23.0 Å². The summed E-state index contributed by atoms with van der Waals surface area (Å²) in [5, 5.41) is 2.30. The lowest BCUT2D eigenvalue weighted by molar-refractivity contribution is -0.645. The average molecular weight is 583 g/mol. The highest BCUT2D eigenvalue weighted by atomic mass is 16.5. The van der Waals surface area contributed by atoms with E-state index in [1.165, 1.54) is 21.1 Å². The van der Waals surface area contributed by atoms with E-state index in [0.717, 1.165) is 33.4 Å². The minimum Gasteiger partial charge on any atom is -0.457 e. The fourth-order valence-corrected chi connectivity index (χ4v) is 5.93. The molecule has 3 aromatic heterocycles. The Morgan fingerprint density at radius 3 is 2.25 bits per heavy atom. The quantitative estimate of drug-likeness (QED) is 0.194. The summed E-state index contributed by atoms with van der Waals surface area (Å²) in [5.74, 6) is 2.20. The molecule has 0 aliphatic rings. The summed E-state index contributed by atoms with van der Waals surface area (Å²) < 4.78 is 36.1. The molecule has 0 aliphatic heterocycles. The third-order valence-electron chi connectivity index (χ3n) is 8.41. The van der Waals surface area contributed by atoms with Crippen molar-refractivity contribution < 1.29 is 13.4 Å². The van der Waals surface area contributed by atoms with Crippen LogP contribution < -0.4 is 9.30 Å². The number of nitrogens with zero attached hydrogens (tertiary/aromatic N) is 4. The maximum absolute atomic E-state index is 8.04. The normalized spacial score (nSPS) is 13.7. The lowest BCUT2D eigenvalue weighted by Gasteiger charge is -2.20. The van der Waals surface area contributed by atoms with Gasteiger partial charge in [-0.2, -0.15) is 4.57 Å². The van der Waals surface area contributed by atoms with Gasteiger partial charge in [-0.1, -0.05) is 65.8 Å². The SMILES string of the molecule is [2H]C([2H])([2H])[n+]1cn(-c2cccc(Oc3ccc4c5cc(C(C)(C)C)ccc5n(-c5cc(C(C)(C)C)ccn5)c4c3)c2)c2ccccc21. The highest BCUT2D eigenvalue weighted by Crippen LogP contribution is 2.38. The van der Waals surface area contributed by atoms with Crippen molar-refractivity contribution in [3.05, 3.63) is 121 Å². The van der Waals surface area contributed by atoms with Crippen LogP contribution in [-0.4, -0.2) is 14.1 Å². The maximum atomic E-state index is 8.04. The Morgan fingerprint density at radius 1 is 0.682 bits per heavy atom. The molecule has 0 saturated carbocycles. The molecule has 7 aromatic rings. The van der Waals surface area contributed by atoms with E-state index in [0.29, 0.717) is 17.0 Å². The van der Waals surface area contributed by atoms with E-state index < -0.39 is 6.98 Å². The molecule has 7 rings (SSSR count). The summed E-state index contributed by atoms with van der Waals surface area (Å²) >= 11 is 0. The molecule has 5 nitrogen and oxygen atoms in total. The first kappa shape index (κ1) is 24.5. The number of aryl methyl sites for hydroxylation is 1. The van der Waals surface area contributed by atoms with Gasteiger partial charge >= 0.3 is 0 Å². The first-order chi connectivity index (χ1) is 22.2. The van der Waals surface area contributed by atoms with Gasteiger partial charge in [0, 0.05) is 29.1 Å². The van der Waals surface area contributed by atoms with Crippen LogP contribution in [0.1, 0.15) is 56.8 Å². The van der Waals surface area contributed by atoms with Crippen LogP contribution in [0.3, 0.4) is 0 Å². The average Bonchev–Trinajstić information content (AvgIpc) is 3.56.